The average Bonchev–Trinajstić information content (AvgIpc) is 2.33. The molecule has 0 heterocycles. The Morgan fingerprint density at radius 2 is 1.50 bits per heavy atom. The minimum atomic E-state index is 0.525. The van der Waals surface area contributed by atoms with E-state index >= 15 is 0 Å². The topological polar surface area (TPSA) is 0 Å². The highest BCUT2D eigenvalue weighted by molar-refractivity contribution is 7.81. The first-order valence-corrected chi connectivity index (χ1v) is 5.89. The van der Waals surface area contributed by atoms with Crippen molar-refractivity contribution in [3.63, 3.8) is 0 Å². The van der Waals surface area contributed by atoms with Gasteiger partial charge in [-0.15, -0.1) is 0 Å². The van der Waals surface area contributed by atoms with E-state index in [9.17, 15) is 0 Å². The molecule has 16 heavy (non-hydrogen) atoms. The molecule has 3 heteroatoms. The zero-order valence-corrected chi connectivity index (χ0v) is 10.6. The van der Waals surface area contributed by atoms with Crippen LogP contribution in [0.3, 0.4) is 0 Å². The van der Waals surface area contributed by atoms with E-state index in [2.05, 4.69) is 0 Å². The van der Waals surface area contributed by atoms with E-state index < -0.39 is 0 Å². The molecule has 0 aliphatic heterocycles. The Bertz CT molecular complexity index is 521. The average molecular weight is 267 g/mol. The van der Waals surface area contributed by atoms with Crippen molar-refractivity contribution >= 4 is 40.3 Å². The van der Waals surface area contributed by atoms with Gasteiger partial charge in [0.1, 0.15) is 0 Å². The molecule has 2 aromatic carbocycles. The van der Waals surface area contributed by atoms with Gasteiger partial charge in [0.25, 0.3) is 0 Å². The summed E-state index contributed by atoms with van der Waals surface area (Å²) < 4.78 is 0. The third kappa shape index (κ3) is 2.43. The molecule has 0 aromatic heterocycles. The maximum absolute atomic E-state index is 5.95. The summed E-state index contributed by atoms with van der Waals surface area (Å²) in [5.74, 6) is 0. The Hall–Kier alpha value is -0.890. The van der Waals surface area contributed by atoms with Crippen molar-refractivity contribution in [3.8, 4) is 0 Å². The van der Waals surface area contributed by atoms with Gasteiger partial charge in [-0.05, 0) is 23.3 Å². The maximum Gasteiger partial charge on any atom is 0.0598 e. The summed E-state index contributed by atoms with van der Waals surface area (Å²) in [5.41, 5.74) is 1.92. The fraction of sp³-hybridized carbons (Fsp3) is 0. The molecule has 0 radical (unpaired) electrons. The molecular formula is C13H8Cl2S. The number of rotatable bonds is 2. The van der Waals surface area contributed by atoms with Crippen molar-refractivity contribution in [2.45, 2.75) is 0 Å². The molecule has 0 aliphatic carbocycles. The summed E-state index contributed by atoms with van der Waals surface area (Å²) in [5, 5.41) is 1.07. The van der Waals surface area contributed by atoms with Gasteiger partial charge in [-0.3, -0.25) is 0 Å². The highest BCUT2D eigenvalue weighted by atomic mass is 35.5. The Morgan fingerprint density at radius 1 is 0.812 bits per heavy atom. The quantitative estimate of drug-likeness (QED) is 0.558. The van der Waals surface area contributed by atoms with Gasteiger partial charge in [0.2, 0.25) is 0 Å². The molecule has 0 saturated heterocycles. The van der Waals surface area contributed by atoms with Crippen LogP contribution in [0.15, 0.2) is 48.5 Å². The van der Waals surface area contributed by atoms with Crippen LogP contribution < -0.4 is 0 Å². The van der Waals surface area contributed by atoms with Crippen LogP contribution in [0.4, 0.5) is 0 Å². The molecular weight excluding hydrogens is 259 g/mol. The number of hydrogen-bond acceptors (Lipinski definition) is 1. The van der Waals surface area contributed by atoms with Crippen LogP contribution in [0, 0.1) is 0 Å². The molecule has 80 valence electrons. The summed E-state index contributed by atoms with van der Waals surface area (Å²) in [6, 6.07) is 15.3. The van der Waals surface area contributed by atoms with Crippen molar-refractivity contribution < 1.29 is 0 Å². The van der Waals surface area contributed by atoms with Gasteiger partial charge in [0.15, 0.2) is 0 Å². The monoisotopic (exact) mass is 266 g/mol. The molecule has 0 nitrogen and oxygen atoms in total. The van der Waals surface area contributed by atoms with Crippen molar-refractivity contribution in [2.75, 3.05) is 0 Å². The summed E-state index contributed by atoms with van der Waals surface area (Å²) in [6.07, 6.45) is 0. The molecule has 0 bridgehead atoms. The van der Waals surface area contributed by atoms with Gasteiger partial charge in [-0.25, -0.2) is 0 Å². The second-order valence-corrected chi connectivity index (χ2v) is 4.55. The molecule has 0 unspecified atom stereocenters. The van der Waals surface area contributed by atoms with E-state index in [0.29, 0.717) is 10.0 Å². The molecule has 0 spiro atoms. The molecule has 0 saturated carbocycles. The largest absolute Gasteiger partial charge is 0.0827 e. The van der Waals surface area contributed by atoms with Crippen LogP contribution in [0.2, 0.25) is 10.0 Å². The summed E-state index contributed by atoms with van der Waals surface area (Å²) in [4.78, 5) is 0.777. The van der Waals surface area contributed by atoms with Crippen LogP contribution in [0.5, 0.6) is 0 Å². The van der Waals surface area contributed by atoms with E-state index in [4.69, 9.17) is 35.4 Å². The Kier molecular flexibility index (Phi) is 3.59. The summed E-state index contributed by atoms with van der Waals surface area (Å²) in [7, 11) is 0. The van der Waals surface area contributed by atoms with Crippen molar-refractivity contribution in [1.82, 2.24) is 0 Å². The zero-order chi connectivity index (χ0) is 11.5. The normalized spacial score (nSPS) is 10.1. The first-order chi connectivity index (χ1) is 7.68. The summed E-state index contributed by atoms with van der Waals surface area (Å²) >= 11 is 17.2. The highest BCUT2D eigenvalue weighted by Crippen LogP contribution is 2.24. The van der Waals surface area contributed by atoms with Crippen LogP contribution in [0.25, 0.3) is 0 Å². The first-order valence-electron chi connectivity index (χ1n) is 4.73. The Labute approximate surface area is 110 Å². The van der Waals surface area contributed by atoms with Gasteiger partial charge in [-0.2, -0.15) is 0 Å². The summed E-state index contributed by atoms with van der Waals surface area (Å²) in [6.45, 7) is 0. The third-order valence-corrected chi connectivity index (χ3v) is 3.43. The fourth-order valence-electron chi connectivity index (χ4n) is 1.39. The predicted molar refractivity (Wildman–Crippen MR) is 73.7 cm³/mol. The second kappa shape index (κ2) is 4.96. The molecule has 0 atom stereocenters. The zero-order valence-electron chi connectivity index (χ0n) is 8.28. The predicted octanol–water partition coefficient (Wildman–Crippen LogP) is 4.76. The van der Waals surface area contributed by atoms with Gasteiger partial charge < -0.3 is 0 Å². The lowest BCUT2D eigenvalue weighted by molar-refractivity contribution is 1.62. The van der Waals surface area contributed by atoms with Gasteiger partial charge in [0, 0.05) is 0 Å². The Balaban J connectivity index is 2.39. The van der Waals surface area contributed by atoms with Crippen molar-refractivity contribution in [1.29, 1.82) is 0 Å². The molecule has 0 amide bonds. The molecule has 0 aliphatic rings. The molecule has 2 aromatic rings. The Morgan fingerprint density at radius 3 is 2.12 bits per heavy atom. The number of benzene rings is 2. The smallest absolute Gasteiger partial charge is 0.0598 e. The number of hydrogen-bond donors (Lipinski definition) is 0. The van der Waals surface area contributed by atoms with Gasteiger partial charge in [-0.1, -0.05) is 71.8 Å². The fourth-order valence-corrected chi connectivity index (χ4v) is 1.95. The van der Waals surface area contributed by atoms with Crippen molar-refractivity contribution in [3.05, 3.63) is 69.7 Å². The molecule has 0 N–H and O–H groups in total. The van der Waals surface area contributed by atoms with Crippen LogP contribution in [-0.4, -0.2) is 4.86 Å². The van der Waals surface area contributed by atoms with E-state index in [-0.39, 0.29) is 0 Å². The molecule has 2 rings (SSSR count). The van der Waals surface area contributed by atoms with E-state index in [1.807, 2.05) is 36.4 Å². The standard InChI is InChI=1S/C13H8Cl2S/c14-11-7-6-10(8-12(11)15)13(16)9-4-2-1-3-5-9/h1-8H. The first kappa shape index (κ1) is 11.6. The highest BCUT2D eigenvalue weighted by Gasteiger charge is 2.06. The van der Waals surface area contributed by atoms with E-state index in [1.54, 1.807) is 12.1 Å². The van der Waals surface area contributed by atoms with Gasteiger partial charge in [0.05, 0.1) is 14.9 Å². The number of thiocarbonyl (C=S) groups is 1. The van der Waals surface area contributed by atoms with Crippen LogP contribution >= 0.6 is 35.4 Å². The van der Waals surface area contributed by atoms with E-state index in [0.717, 1.165) is 16.0 Å². The van der Waals surface area contributed by atoms with Crippen molar-refractivity contribution in [2.24, 2.45) is 0 Å². The lowest BCUT2D eigenvalue weighted by Crippen LogP contribution is -1.98. The van der Waals surface area contributed by atoms with Crippen LogP contribution in [-0.2, 0) is 0 Å². The number of halogens is 2. The third-order valence-electron chi connectivity index (χ3n) is 2.22. The lowest BCUT2D eigenvalue weighted by Gasteiger charge is -2.05. The lowest BCUT2D eigenvalue weighted by atomic mass is 10.1. The van der Waals surface area contributed by atoms with Crippen LogP contribution in [0.1, 0.15) is 11.1 Å². The minimum Gasteiger partial charge on any atom is -0.0827 e. The SMILES string of the molecule is S=C(c1ccccc1)c1ccc(Cl)c(Cl)c1. The second-order valence-electron chi connectivity index (χ2n) is 3.32. The van der Waals surface area contributed by atoms with E-state index in [1.165, 1.54) is 0 Å². The minimum absolute atomic E-state index is 0.525. The van der Waals surface area contributed by atoms with Gasteiger partial charge >= 0.3 is 0 Å². The maximum atomic E-state index is 5.95. The molecule has 0 fully saturated rings.